The Labute approximate surface area is 168 Å². The van der Waals surface area contributed by atoms with E-state index in [1.165, 1.54) is 0 Å². The topological polar surface area (TPSA) is 95.4 Å². The van der Waals surface area contributed by atoms with Crippen LogP contribution in [0.2, 0.25) is 0 Å². The summed E-state index contributed by atoms with van der Waals surface area (Å²) in [5.41, 5.74) is 11.3. The molecule has 2 aromatic carbocycles. The van der Waals surface area contributed by atoms with Crippen LogP contribution in [0.5, 0.6) is 0 Å². The van der Waals surface area contributed by atoms with E-state index in [0.29, 0.717) is 11.6 Å². The number of nitrogens with zero attached hydrogens (tertiary/aromatic N) is 2. The summed E-state index contributed by atoms with van der Waals surface area (Å²) in [4.78, 5) is 14.4. The first-order valence-corrected chi connectivity index (χ1v) is 9.77. The van der Waals surface area contributed by atoms with E-state index in [9.17, 15) is 0 Å². The maximum atomic E-state index is 5.69. The van der Waals surface area contributed by atoms with Crippen LogP contribution in [0, 0.1) is 5.92 Å². The third kappa shape index (κ3) is 4.37. The van der Waals surface area contributed by atoms with Gasteiger partial charge in [-0.15, -0.1) is 0 Å². The molecule has 0 amide bonds. The molecule has 0 aliphatic carbocycles. The molecule has 0 spiro atoms. The van der Waals surface area contributed by atoms with E-state index in [0.717, 1.165) is 43.2 Å². The number of fused-ring (bicyclic) bond motifs is 2. The van der Waals surface area contributed by atoms with Crippen molar-refractivity contribution in [2.45, 2.75) is 13.8 Å². The second-order valence-corrected chi connectivity index (χ2v) is 8.15. The molecule has 4 rings (SSSR count). The van der Waals surface area contributed by atoms with E-state index in [1.807, 2.05) is 18.2 Å². The van der Waals surface area contributed by atoms with Gasteiger partial charge in [0, 0.05) is 15.5 Å². The number of anilines is 2. The van der Waals surface area contributed by atoms with Gasteiger partial charge in [0.2, 0.25) is 0 Å². The molecule has 0 saturated carbocycles. The third-order valence-electron chi connectivity index (χ3n) is 3.71. The summed E-state index contributed by atoms with van der Waals surface area (Å²) >= 11 is 6.83. The summed E-state index contributed by atoms with van der Waals surface area (Å²) in [5, 5.41) is 3.40. The number of aromatic nitrogens is 4. The van der Waals surface area contributed by atoms with Crippen molar-refractivity contribution in [1.29, 1.82) is 0 Å². The highest BCUT2D eigenvalue weighted by Crippen LogP contribution is 2.26. The summed E-state index contributed by atoms with van der Waals surface area (Å²) in [6, 6.07) is 7.87. The summed E-state index contributed by atoms with van der Waals surface area (Å²) in [7, 11) is 0. The van der Waals surface area contributed by atoms with Crippen LogP contribution >= 0.6 is 31.9 Å². The molecule has 0 bridgehead atoms. The molecular weight excluding hydrogens is 460 g/mol. The van der Waals surface area contributed by atoms with Gasteiger partial charge in [-0.1, -0.05) is 45.7 Å². The molecule has 4 aromatic rings. The van der Waals surface area contributed by atoms with Gasteiger partial charge in [-0.3, -0.25) is 0 Å². The predicted octanol–water partition coefficient (Wildman–Crippen LogP) is 5.30. The molecule has 0 atom stereocenters. The van der Waals surface area contributed by atoms with Crippen LogP contribution in [0.15, 0.2) is 45.9 Å². The fourth-order valence-corrected chi connectivity index (χ4v) is 3.44. The Hall–Kier alpha value is -2.06. The molecule has 5 N–H and O–H groups in total. The maximum Gasteiger partial charge on any atom is 0.111 e. The SMILES string of the molecule is CC(C)CNc1cc(Br)cc2[nH]cnc12.Nc1cc(Br)cc2[nH]cnc12. The van der Waals surface area contributed by atoms with Crippen LogP contribution in [0.1, 0.15) is 13.8 Å². The highest BCUT2D eigenvalue weighted by molar-refractivity contribution is 9.10. The molecule has 0 radical (unpaired) electrons. The van der Waals surface area contributed by atoms with Crippen molar-refractivity contribution in [3.05, 3.63) is 45.9 Å². The van der Waals surface area contributed by atoms with Crippen molar-refractivity contribution < 1.29 is 0 Å². The fraction of sp³-hybridized carbons (Fsp3) is 0.222. The molecule has 0 aliphatic heterocycles. The lowest BCUT2D eigenvalue weighted by molar-refractivity contribution is 0.689. The van der Waals surface area contributed by atoms with Gasteiger partial charge in [0.25, 0.3) is 0 Å². The number of nitrogens with two attached hydrogens (primary N) is 1. The van der Waals surface area contributed by atoms with Gasteiger partial charge in [-0.2, -0.15) is 0 Å². The van der Waals surface area contributed by atoms with Crippen LogP contribution in [0.4, 0.5) is 11.4 Å². The number of benzene rings is 2. The number of hydrogen-bond donors (Lipinski definition) is 4. The number of hydrogen-bond acceptors (Lipinski definition) is 4. The van der Waals surface area contributed by atoms with Crippen LogP contribution in [-0.2, 0) is 0 Å². The van der Waals surface area contributed by atoms with Gasteiger partial charge < -0.3 is 21.0 Å². The third-order valence-corrected chi connectivity index (χ3v) is 4.62. The van der Waals surface area contributed by atoms with E-state index in [1.54, 1.807) is 12.7 Å². The molecule has 0 saturated heterocycles. The van der Waals surface area contributed by atoms with Gasteiger partial charge in [-0.05, 0) is 30.2 Å². The average molecular weight is 480 g/mol. The second-order valence-electron chi connectivity index (χ2n) is 6.32. The zero-order valence-corrected chi connectivity index (χ0v) is 17.6. The minimum absolute atomic E-state index is 0.623. The molecule has 26 heavy (non-hydrogen) atoms. The predicted molar refractivity (Wildman–Crippen MR) is 115 cm³/mol. The highest BCUT2D eigenvalue weighted by atomic mass is 79.9. The van der Waals surface area contributed by atoms with Crippen molar-refractivity contribution >= 4 is 65.3 Å². The Balaban J connectivity index is 0.000000158. The number of rotatable bonds is 3. The number of nitrogens with one attached hydrogen (secondary N) is 3. The van der Waals surface area contributed by atoms with Gasteiger partial charge in [-0.25, -0.2) is 9.97 Å². The van der Waals surface area contributed by atoms with Crippen LogP contribution in [0.25, 0.3) is 22.1 Å². The van der Waals surface area contributed by atoms with Crippen molar-refractivity contribution in [2.75, 3.05) is 17.6 Å². The molecule has 0 unspecified atom stereocenters. The first-order valence-electron chi connectivity index (χ1n) is 8.18. The normalized spacial score (nSPS) is 11.0. The van der Waals surface area contributed by atoms with Crippen LogP contribution in [0.3, 0.4) is 0 Å². The minimum Gasteiger partial charge on any atom is -0.397 e. The first kappa shape index (κ1) is 18.7. The molecule has 6 nitrogen and oxygen atoms in total. The number of aromatic amines is 2. The van der Waals surface area contributed by atoms with Crippen molar-refractivity contribution in [2.24, 2.45) is 5.92 Å². The summed E-state index contributed by atoms with van der Waals surface area (Å²) < 4.78 is 2.03. The quantitative estimate of drug-likeness (QED) is 0.300. The summed E-state index contributed by atoms with van der Waals surface area (Å²) in [6.45, 7) is 5.33. The lowest BCUT2D eigenvalue weighted by atomic mass is 10.2. The zero-order chi connectivity index (χ0) is 18.7. The Kier molecular flexibility index (Phi) is 5.83. The fourth-order valence-electron chi connectivity index (χ4n) is 2.50. The average Bonchev–Trinajstić information content (AvgIpc) is 3.21. The van der Waals surface area contributed by atoms with E-state index < -0.39 is 0 Å². The van der Waals surface area contributed by atoms with Crippen LogP contribution < -0.4 is 11.1 Å². The van der Waals surface area contributed by atoms with Crippen molar-refractivity contribution in [3.8, 4) is 0 Å². The molecule has 0 aliphatic rings. The molecule has 2 heterocycles. The maximum absolute atomic E-state index is 5.69. The Morgan fingerprint density at radius 1 is 0.962 bits per heavy atom. The largest absolute Gasteiger partial charge is 0.397 e. The monoisotopic (exact) mass is 478 g/mol. The summed E-state index contributed by atoms with van der Waals surface area (Å²) in [5.74, 6) is 0.623. The standard InChI is InChI=1S/C11H14BrN3.C7H6BrN3/c1-7(2)5-13-9-3-8(12)4-10-11(9)15-6-14-10;8-4-1-5(9)7-6(2-4)10-3-11-7/h3-4,6-7,13H,5H2,1-2H3,(H,14,15);1-3H,9H2,(H,10,11). The van der Waals surface area contributed by atoms with Crippen molar-refractivity contribution in [3.63, 3.8) is 0 Å². The number of H-pyrrole nitrogens is 2. The highest BCUT2D eigenvalue weighted by Gasteiger charge is 2.05. The molecular formula is C18H20Br2N6. The van der Waals surface area contributed by atoms with E-state index in [-0.39, 0.29) is 0 Å². The summed E-state index contributed by atoms with van der Waals surface area (Å²) in [6.07, 6.45) is 3.35. The smallest absolute Gasteiger partial charge is 0.111 e. The van der Waals surface area contributed by atoms with E-state index >= 15 is 0 Å². The number of imidazole rings is 2. The Bertz CT molecular complexity index is 1020. The number of halogens is 2. The minimum atomic E-state index is 0.623. The van der Waals surface area contributed by atoms with Gasteiger partial charge in [0.05, 0.1) is 35.1 Å². The van der Waals surface area contributed by atoms with Gasteiger partial charge in [0.1, 0.15) is 11.0 Å². The lowest BCUT2D eigenvalue weighted by Crippen LogP contribution is -2.08. The Morgan fingerprint density at radius 2 is 1.54 bits per heavy atom. The van der Waals surface area contributed by atoms with E-state index in [4.69, 9.17) is 5.73 Å². The van der Waals surface area contributed by atoms with E-state index in [2.05, 4.69) is 77.0 Å². The molecule has 136 valence electrons. The lowest BCUT2D eigenvalue weighted by Gasteiger charge is -2.09. The van der Waals surface area contributed by atoms with Gasteiger partial charge in [0.15, 0.2) is 0 Å². The Morgan fingerprint density at radius 3 is 2.19 bits per heavy atom. The van der Waals surface area contributed by atoms with Crippen LogP contribution in [-0.4, -0.2) is 26.5 Å². The second kappa shape index (κ2) is 8.09. The first-order chi connectivity index (χ1) is 12.4. The number of nitrogen functional groups attached to an aromatic ring is 1. The molecule has 8 heteroatoms. The van der Waals surface area contributed by atoms with Crippen molar-refractivity contribution in [1.82, 2.24) is 19.9 Å². The molecule has 2 aromatic heterocycles. The molecule has 0 fully saturated rings. The van der Waals surface area contributed by atoms with Gasteiger partial charge >= 0.3 is 0 Å². The zero-order valence-electron chi connectivity index (χ0n) is 14.5.